The largest absolute Gasteiger partial charge is 0.481 e. The molecule has 1 aliphatic carbocycles. The van der Waals surface area contributed by atoms with Gasteiger partial charge < -0.3 is 10.2 Å². The minimum Gasteiger partial charge on any atom is -0.481 e. The van der Waals surface area contributed by atoms with Crippen molar-refractivity contribution in [3.63, 3.8) is 0 Å². The molecule has 27 heavy (non-hydrogen) atoms. The number of aliphatic hydroxyl groups excluding tert-OH is 1. The van der Waals surface area contributed by atoms with Gasteiger partial charge in [-0.3, -0.25) is 9.59 Å². The molecule has 0 aromatic heterocycles. The monoisotopic (exact) mass is 382 g/mol. The van der Waals surface area contributed by atoms with Crippen molar-refractivity contribution in [2.24, 2.45) is 17.3 Å². The van der Waals surface area contributed by atoms with Crippen molar-refractivity contribution >= 4 is 11.8 Å². The number of hydrogen-bond donors (Lipinski definition) is 2. The summed E-state index contributed by atoms with van der Waals surface area (Å²) in [5, 5.41) is 19.1. The fourth-order valence-corrected chi connectivity index (χ4v) is 3.50. The second kappa shape index (κ2) is 11.4. The third-order valence-electron chi connectivity index (χ3n) is 5.50. The minimum atomic E-state index is -1.20. The molecule has 0 aliphatic heterocycles. The molecule has 0 saturated heterocycles. The molecule has 0 radical (unpaired) electrons. The lowest BCUT2D eigenvalue weighted by molar-refractivity contribution is -0.137. The number of rotatable bonds is 12. The van der Waals surface area contributed by atoms with Gasteiger partial charge in [-0.15, -0.1) is 0 Å². The van der Waals surface area contributed by atoms with Crippen molar-refractivity contribution < 1.29 is 24.2 Å². The first-order valence-electron chi connectivity index (χ1n) is 10.1. The van der Waals surface area contributed by atoms with Gasteiger partial charge in [-0.2, -0.15) is 0 Å². The summed E-state index contributed by atoms with van der Waals surface area (Å²) in [5.74, 6) is -1.80. The number of aliphatic hydroxyl groups is 1. The van der Waals surface area contributed by atoms with Gasteiger partial charge in [-0.25, -0.2) is 4.39 Å². The molecular weight excluding hydrogens is 347 g/mol. The molecule has 0 aromatic carbocycles. The average Bonchev–Trinajstić information content (AvgIpc) is 2.86. The van der Waals surface area contributed by atoms with Crippen LogP contribution in [0.15, 0.2) is 24.3 Å². The second-order valence-corrected chi connectivity index (χ2v) is 8.29. The van der Waals surface area contributed by atoms with Gasteiger partial charge in [0.1, 0.15) is 12.0 Å². The number of hydrogen-bond acceptors (Lipinski definition) is 3. The maximum absolute atomic E-state index is 14.3. The number of carbonyl (C=O) groups is 2. The van der Waals surface area contributed by atoms with E-state index in [1.54, 1.807) is 12.2 Å². The number of Topliss-reactive ketones (excluding diaryl/α,β-unsaturated/α-hetero) is 1. The van der Waals surface area contributed by atoms with Crippen molar-refractivity contribution in [1.82, 2.24) is 0 Å². The Bertz CT molecular complexity index is 538. The fourth-order valence-electron chi connectivity index (χ4n) is 3.50. The lowest BCUT2D eigenvalue weighted by atomic mass is 9.80. The van der Waals surface area contributed by atoms with Crippen LogP contribution >= 0.6 is 0 Å². The quantitative estimate of drug-likeness (QED) is 0.373. The fraction of sp³-hybridized carbons (Fsp3) is 0.727. The molecule has 0 aromatic rings. The molecule has 5 heteroatoms. The predicted octanol–water partition coefficient (Wildman–Crippen LogP) is 4.86. The number of carboxylic acids is 1. The summed E-state index contributed by atoms with van der Waals surface area (Å²) < 4.78 is 14.3. The zero-order valence-electron chi connectivity index (χ0n) is 16.9. The zero-order chi connectivity index (χ0) is 20.4. The highest BCUT2D eigenvalue weighted by molar-refractivity contribution is 5.84. The van der Waals surface area contributed by atoms with Crippen molar-refractivity contribution in [2.75, 3.05) is 0 Å². The van der Waals surface area contributed by atoms with Crippen LogP contribution in [0.5, 0.6) is 0 Å². The molecule has 1 saturated carbocycles. The molecule has 1 rings (SSSR count). The van der Waals surface area contributed by atoms with Gasteiger partial charge in [0.2, 0.25) is 0 Å². The first kappa shape index (κ1) is 23.5. The number of unbranched alkanes of at least 4 members (excludes halogenated alkanes) is 2. The Kier molecular flexibility index (Phi) is 9.92. The van der Waals surface area contributed by atoms with E-state index in [9.17, 15) is 19.1 Å². The third kappa shape index (κ3) is 7.96. The maximum atomic E-state index is 14.3. The molecule has 0 bridgehead atoms. The average molecular weight is 383 g/mol. The van der Waals surface area contributed by atoms with E-state index in [1.807, 2.05) is 26.0 Å². The van der Waals surface area contributed by atoms with Crippen LogP contribution in [0.3, 0.4) is 0 Å². The summed E-state index contributed by atoms with van der Waals surface area (Å²) in [7, 11) is 0. The number of halogens is 1. The Labute approximate surface area is 162 Å². The van der Waals surface area contributed by atoms with Gasteiger partial charge in [-0.1, -0.05) is 57.9 Å². The Morgan fingerprint density at radius 3 is 2.67 bits per heavy atom. The summed E-state index contributed by atoms with van der Waals surface area (Å²) in [6.45, 7) is 6.11. The van der Waals surface area contributed by atoms with E-state index in [0.717, 1.165) is 19.3 Å². The Morgan fingerprint density at radius 1 is 1.33 bits per heavy atom. The van der Waals surface area contributed by atoms with Gasteiger partial charge >= 0.3 is 5.97 Å². The van der Waals surface area contributed by atoms with Gasteiger partial charge in [0.05, 0.1) is 6.10 Å². The highest BCUT2D eigenvalue weighted by Gasteiger charge is 2.40. The molecule has 0 amide bonds. The van der Waals surface area contributed by atoms with E-state index in [0.29, 0.717) is 19.3 Å². The van der Waals surface area contributed by atoms with Gasteiger partial charge in [0, 0.05) is 24.7 Å². The van der Waals surface area contributed by atoms with Crippen LogP contribution < -0.4 is 0 Å². The van der Waals surface area contributed by atoms with Crippen LogP contribution in [0.4, 0.5) is 4.39 Å². The van der Waals surface area contributed by atoms with E-state index in [-0.39, 0.29) is 24.0 Å². The third-order valence-corrected chi connectivity index (χ3v) is 5.50. The molecule has 4 nitrogen and oxygen atoms in total. The SMILES string of the molecule is CCCCC(C)(C)[C@H](O)C=C[C@H]1[C@@H](F)CC(=O)[C@@H]1CC=CCCCC(=O)O. The van der Waals surface area contributed by atoms with Crippen LogP contribution in [0.25, 0.3) is 0 Å². The number of carbonyl (C=O) groups excluding carboxylic acids is 1. The van der Waals surface area contributed by atoms with Gasteiger partial charge in [0.15, 0.2) is 0 Å². The van der Waals surface area contributed by atoms with E-state index in [1.165, 1.54) is 0 Å². The van der Waals surface area contributed by atoms with Crippen LogP contribution in [-0.4, -0.2) is 34.2 Å². The minimum absolute atomic E-state index is 0.0676. The Balaban J connectivity index is 2.63. The van der Waals surface area contributed by atoms with Crippen molar-refractivity contribution in [3.8, 4) is 0 Å². The molecule has 0 spiro atoms. The van der Waals surface area contributed by atoms with Crippen LogP contribution in [0.2, 0.25) is 0 Å². The standard InChI is InChI=1S/C22H35FO4/c1-4-5-14-22(2,3)20(25)13-12-16-17(19(24)15-18(16)23)10-8-6-7-9-11-21(26)27/h6,8,12-13,16-18,20,25H,4-5,7,9-11,14-15H2,1-3H3,(H,26,27)/t16-,17-,18+,20-/m1/s1. The topological polar surface area (TPSA) is 74.6 Å². The number of ketones is 1. The molecule has 2 N–H and O–H groups in total. The van der Waals surface area contributed by atoms with Crippen molar-refractivity contribution in [2.45, 2.75) is 84.4 Å². The predicted molar refractivity (Wildman–Crippen MR) is 105 cm³/mol. The highest BCUT2D eigenvalue weighted by atomic mass is 19.1. The van der Waals surface area contributed by atoms with Crippen molar-refractivity contribution in [3.05, 3.63) is 24.3 Å². The molecular formula is C22H35FO4. The highest BCUT2D eigenvalue weighted by Crippen LogP contribution is 2.36. The summed E-state index contributed by atoms with van der Waals surface area (Å²) in [6.07, 6.45) is 9.88. The molecule has 1 aliphatic rings. The van der Waals surface area contributed by atoms with Crippen LogP contribution in [0.1, 0.15) is 72.1 Å². The van der Waals surface area contributed by atoms with E-state index < -0.39 is 30.1 Å². The van der Waals surface area contributed by atoms with Crippen molar-refractivity contribution in [1.29, 1.82) is 0 Å². The lowest BCUT2D eigenvalue weighted by Gasteiger charge is -2.29. The summed E-state index contributed by atoms with van der Waals surface area (Å²) in [6, 6.07) is 0. The smallest absolute Gasteiger partial charge is 0.303 e. The maximum Gasteiger partial charge on any atom is 0.303 e. The number of allylic oxidation sites excluding steroid dienone is 3. The Hall–Kier alpha value is -1.49. The first-order valence-corrected chi connectivity index (χ1v) is 10.1. The molecule has 0 heterocycles. The molecule has 0 unspecified atom stereocenters. The van der Waals surface area contributed by atoms with Crippen LogP contribution in [0, 0.1) is 17.3 Å². The van der Waals surface area contributed by atoms with E-state index >= 15 is 0 Å². The number of alkyl halides is 1. The molecule has 154 valence electrons. The summed E-state index contributed by atoms with van der Waals surface area (Å²) in [5.41, 5.74) is -0.277. The molecule has 1 fully saturated rings. The van der Waals surface area contributed by atoms with E-state index in [4.69, 9.17) is 5.11 Å². The molecule has 4 atom stereocenters. The second-order valence-electron chi connectivity index (χ2n) is 8.29. The van der Waals surface area contributed by atoms with E-state index in [2.05, 4.69) is 6.92 Å². The lowest BCUT2D eigenvalue weighted by Crippen LogP contribution is -2.28. The summed E-state index contributed by atoms with van der Waals surface area (Å²) in [4.78, 5) is 22.6. The number of aliphatic carboxylic acids is 1. The van der Waals surface area contributed by atoms with Gasteiger partial charge in [0.25, 0.3) is 0 Å². The zero-order valence-corrected chi connectivity index (χ0v) is 16.9. The van der Waals surface area contributed by atoms with Crippen LogP contribution in [-0.2, 0) is 9.59 Å². The normalized spacial score (nSPS) is 24.9. The summed E-state index contributed by atoms with van der Waals surface area (Å²) >= 11 is 0. The Morgan fingerprint density at radius 2 is 2.04 bits per heavy atom. The van der Waals surface area contributed by atoms with Gasteiger partial charge in [-0.05, 0) is 31.1 Å². The first-order chi connectivity index (χ1) is 12.7. The number of carboxylic acid groups (broad SMARTS) is 1.